The number of fused-ring (bicyclic) bond motifs is 2. The second-order valence-corrected chi connectivity index (χ2v) is 9.71. The summed E-state index contributed by atoms with van der Waals surface area (Å²) in [6.07, 6.45) is 3.38. The van der Waals surface area contributed by atoms with Crippen LogP contribution in [0.25, 0.3) is 0 Å². The van der Waals surface area contributed by atoms with E-state index >= 15 is 0 Å². The second kappa shape index (κ2) is 11.3. The van der Waals surface area contributed by atoms with Crippen LogP contribution in [0.5, 0.6) is 0 Å². The number of hydrogen-bond donors (Lipinski definition) is 4. The van der Waals surface area contributed by atoms with Crippen LogP contribution < -0.4 is 16.1 Å². The molecular formula is C21H36N4O8. The summed E-state index contributed by atoms with van der Waals surface area (Å²) in [5.41, 5.74) is 0.228. The number of carbonyl (C=O) groups excluding carboxylic acids is 4. The molecule has 4 amide bonds. The van der Waals surface area contributed by atoms with Crippen LogP contribution in [0.2, 0.25) is 0 Å². The van der Waals surface area contributed by atoms with E-state index in [4.69, 9.17) is 19.5 Å². The Bertz CT molecular complexity index is 756. The van der Waals surface area contributed by atoms with E-state index in [1.165, 1.54) is 17.5 Å². The summed E-state index contributed by atoms with van der Waals surface area (Å²) in [6, 6.07) is -1.53. The minimum absolute atomic E-state index is 0.0114. The molecule has 2 aliphatic rings. The molecule has 0 aromatic rings. The van der Waals surface area contributed by atoms with Crippen molar-refractivity contribution < 1.29 is 38.7 Å². The molecule has 2 bridgehead atoms. The first kappa shape index (κ1) is 28.2. The highest BCUT2D eigenvalue weighted by Gasteiger charge is 2.40. The van der Waals surface area contributed by atoms with Crippen LogP contribution >= 0.6 is 0 Å². The fourth-order valence-electron chi connectivity index (χ4n) is 2.72. The molecule has 0 saturated carbocycles. The molecule has 4 atom stereocenters. The van der Waals surface area contributed by atoms with Gasteiger partial charge in [-0.15, -0.1) is 0 Å². The van der Waals surface area contributed by atoms with E-state index in [1.807, 2.05) is 12.2 Å². The summed E-state index contributed by atoms with van der Waals surface area (Å²) >= 11 is 0. The van der Waals surface area contributed by atoms with Gasteiger partial charge < -0.3 is 20.1 Å². The highest BCUT2D eigenvalue weighted by Crippen LogP contribution is 2.29. The van der Waals surface area contributed by atoms with E-state index in [0.29, 0.717) is 0 Å². The first-order valence-corrected chi connectivity index (χ1v) is 10.6. The summed E-state index contributed by atoms with van der Waals surface area (Å²) < 4.78 is 10.00. The third-order valence-corrected chi connectivity index (χ3v) is 4.13. The van der Waals surface area contributed by atoms with Gasteiger partial charge in [0.1, 0.15) is 29.4 Å². The van der Waals surface area contributed by atoms with Crippen LogP contribution in [0.4, 0.5) is 9.59 Å². The Hall–Kier alpha value is -2.86. The predicted molar refractivity (Wildman–Crippen MR) is 117 cm³/mol. The number of hydrogen-bond acceptors (Lipinski definition) is 8. The maximum absolute atomic E-state index is 12.1. The van der Waals surface area contributed by atoms with Crippen LogP contribution in [-0.4, -0.2) is 69.7 Å². The molecule has 1 aliphatic carbocycles. The minimum Gasteiger partial charge on any atom is -0.444 e. The molecule has 1 heterocycles. The number of nitrogens with one attached hydrogen (secondary N) is 3. The lowest BCUT2D eigenvalue weighted by atomic mass is 10.2. The third-order valence-electron chi connectivity index (χ3n) is 4.13. The molecule has 1 fully saturated rings. The summed E-state index contributed by atoms with van der Waals surface area (Å²) in [5.74, 6) is -0.960. The average molecular weight is 473 g/mol. The van der Waals surface area contributed by atoms with E-state index in [2.05, 4.69) is 10.6 Å². The van der Waals surface area contributed by atoms with Gasteiger partial charge in [-0.2, -0.15) is 0 Å². The Morgan fingerprint density at radius 3 is 1.79 bits per heavy atom. The van der Waals surface area contributed by atoms with E-state index < -0.39 is 41.4 Å². The molecule has 1 aliphatic heterocycles. The standard InChI is InChI=1S/C13H20N2O4.C8H16N2O4/c1-8(14-12(17)18-13(2,3)4)11(16)15-9-5-6-10(7-9)19-15;1-5(6(11)10-13)9-7(12)14-8(2,3)4/h5-6,8-10H,7H2,1-4H3,(H,14,17);5,13H,1-4H3,(H,9,12)(H,10,11)/t8-,9?,10?;5-/m11/s1. The highest BCUT2D eigenvalue weighted by atomic mass is 16.7. The van der Waals surface area contributed by atoms with Crippen molar-refractivity contribution in [3.8, 4) is 0 Å². The predicted octanol–water partition coefficient (Wildman–Crippen LogP) is 1.78. The van der Waals surface area contributed by atoms with Crippen molar-refractivity contribution >= 4 is 24.0 Å². The fraction of sp³-hybridized carbons (Fsp3) is 0.714. The average Bonchev–Trinajstić information content (AvgIpc) is 3.27. The van der Waals surface area contributed by atoms with Crippen molar-refractivity contribution in [1.82, 2.24) is 21.2 Å². The van der Waals surface area contributed by atoms with Gasteiger partial charge in [-0.1, -0.05) is 12.2 Å². The smallest absolute Gasteiger partial charge is 0.408 e. The van der Waals surface area contributed by atoms with E-state index in [9.17, 15) is 19.2 Å². The maximum Gasteiger partial charge on any atom is 0.408 e. The SMILES string of the molecule is C[C@@H](NC(=O)OC(C)(C)C)C(=O)N1OC2C=CC1C2.C[C@@H](NC(=O)OC(C)(C)C)C(=O)NO. The largest absolute Gasteiger partial charge is 0.444 e. The number of ether oxygens (including phenoxy) is 2. The molecule has 0 aromatic carbocycles. The third kappa shape index (κ3) is 10.1. The number of amides is 4. The van der Waals surface area contributed by atoms with Gasteiger partial charge in [-0.25, -0.2) is 20.1 Å². The van der Waals surface area contributed by atoms with Crippen molar-refractivity contribution in [3.63, 3.8) is 0 Å². The zero-order chi connectivity index (χ0) is 25.6. The Morgan fingerprint density at radius 1 is 0.939 bits per heavy atom. The quantitative estimate of drug-likeness (QED) is 0.274. The minimum atomic E-state index is -0.838. The number of rotatable bonds is 4. The highest BCUT2D eigenvalue weighted by molar-refractivity contribution is 5.85. The Balaban J connectivity index is 0.000000349. The van der Waals surface area contributed by atoms with Crippen molar-refractivity contribution in [1.29, 1.82) is 0 Å². The monoisotopic (exact) mass is 472 g/mol. The van der Waals surface area contributed by atoms with Gasteiger partial charge in [-0.3, -0.25) is 19.6 Å². The number of nitrogens with zero attached hydrogens (tertiary/aromatic N) is 1. The number of hydroxylamine groups is 3. The van der Waals surface area contributed by atoms with E-state index in [1.54, 1.807) is 48.5 Å². The second-order valence-electron chi connectivity index (χ2n) is 9.71. The van der Waals surface area contributed by atoms with E-state index in [-0.39, 0.29) is 18.1 Å². The normalized spacial score (nSPS) is 20.7. The van der Waals surface area contributed by atoms with Crippen LogP contribution in [0, 0.1) is 0 Å². The van der Waals surface area contributed by atoms with Gasteiger partial charge >= 0.3 is 12.2 Å². The van der Waals surface area contributed by atoms with Crippen molar-refractivity contribution in [2.75, 3.05) is 0 Å². The van der Waals surface area contributed by atoms with Gasteiger partial charge in [0.15, 0.2) is 0 Å². The molecule has 1 saturated heterocycles. The Kier molecular flexibility index (Phi) is 9.67. The first-order valence-electron chi connectivity index (χ1n) is 10.6. The maximum atomic E-state index is 12.1. The molecule has 0 spiro atoms. The summed E-state index contributed by atoms with van der Waals surface area (Å²) in [5, 5.41) is 14.4. The van der Waals surface area contributed by atoms with Crippen molar-refractivity contribution in [2.24, 2.45) is 0 Å². The molecule has 188 valence electrons. The topological polar surface area (TPSA) is 156 Å². The van der Waals surface area contributed by atoms with Crippen LogP contribution in [-0.2, 0) is 23.9 Å². The molecule has 0 aromatic heterocycles. The summed E-state index contributed by atoms with van der Waals surface area (Å²) in [6.45, 7) is 13.5. The Labute approximate surface area is 193 Å². The van der Waals surface area contributed by atoms with Crippen molar-refractivity contribution in [2.45, 2.75) is 97.2 Å². The molecule has 4 N–H and O–H groups in total. The van der Waals surface area contributed by atoms with Crippen LogP contribution in [0.3, 0.4) is 0 Å². The molecule has 0 radical (unpaired) electrons. The number of carbonyl (C=O) groups is 4. The Morgan fingerprint density at radius 2 is 1.42 bits per heavy atom. The lowest BCUT2D eigenvalue weighted by molar-refractivity contribution is -0.184. The first-order chi connectivity index (χ1) is 15.0. The fourth-order valence-corrected chi connectivity index (χ4v) is 2.72. The lowest BCUT2D eigenvalue weighted by Crippen LogP contribution is -2.49. The molecule has 12 nitrogen and oxygen atoms in total. The number of alkyl carbamates (subject to hydrolysis) is 2. The lowest BCUT2D eigenvalue weighted by Gasteiger charge is -2.27. The summed E-state index contributed by atoms with van der Waals surface area (Å²) in [7, 11) is 0. The van der Waals surface area contributed by atoms with Gasteiger partial charge in [0, 0.05) is 6.42 Å². The van der Waals surface area contributed by atoms with Crippen molar-refractivity contribution in [3.05, 3.63) is 12.2 Å². The van der Waals surface area contributed by atoms with Gasteiger partial charge in [0.2, 0.25) is 0 Å². The molecule has 2 unspecified atom stereocenters. The van der Waals surface area contributed by atoms with Crippen LogP contribution in [0.15, 0.2) is 12.2 Å². The molecule has 33 heavy (non-hydrogen) atoms. The zero-order valence-corrected chi connectivity index (χ0v) is 20.4. The van der Waals surface area contributed by atoms with Gasteiger partial charge in [-0.05, 0) is 55.4 Å². The molecular weight excluding hydrogens is 436 g/mol. The van der Waals surface area contributed by atoms with Gasteiger partial charge in [0.25, 0.3) is 11.8 Å². The van der Waals surface area contributed by atoms with E-state index in [0.717, 1.165) is 6.42 Å². The van der Waals surface area contributed by atoms with Crippen LogP contribution in [0.1, 0.15) is 61.8 Å². The molecule has 2 rings (SSSR count). The van der Waals surface area contributed by atoms with Gasteiger partial charge in [0.05, 0.1) is 6.04 Å². The zero-order valence-electron chi connectivity index (χ0n) is 20.4. The molecule has 12 heteroatoms. The summed E-state index contributed by atoms with van der Waals surface area (Å²) in [4.78, 5) is 51.0.